The molecule has 0 aromatic carbocycles. The van der Waals surface area contributed by atoms with Crippen molar-refractivity contribution in [2.24, 2.45) is 7.05 Å². The molecule has 5 heteroatoms. The molecule has 0 spiro atoms. The van der Waals surface area contributed by atoms with Crippen LogP contribution in [0.1, 0.15) is 11.4 Å². The van der Waals surface area contributed by atoms with E-state index >= 15 is 0 Å². The zero-order valence-corrected chi connectivity index (χ0v) is 9.90. The SMILES string of the molecule is Cc1cc(Oc2ccnc(CCl)c2)n(C)n1. The maximum Gasteiger partial charge on any atom is 0.217 e. The summed E-state index contributed by atoms with van der Waals surface area (Å²) in [5.74, 6) is 1.79. The molecule has 2 rings (SSSR count). The average Bonchev–Trinajstić information content (AvgIpc) is 2.58. The van der Waals surface area contributed by atoms with Gasteiger partial charge in [-0.15, -0.1) is 11.6 Å². The Balaban J connectivity index is 2.23. The fourth-order valence-corrected chi connectivity index (χ4v) is 1.54. The van der Waals surface area contributed by atoms with Gasteiger partial charge in [-0.2, -0.15) is 5.10 Å². The second-order valence-corrected chi connectivity index (χ2v) is 3.73. The molecule has 84 valence electrons. The Kier molecular flexibility index (Phi) is 3.10. The summed E-state index contributed by atoms with van der Waals surface area (Å²) >= 11 is 5.70. The molecule has 0 aliphatic carbocycles. The molecule has 0 saturated carbocycles. The number of aromatic nitrogens is 3. The molecule has 0 radical (unpaired) electrons. The quantitative estimate of drug-likeness (QED) is 0.771. The molecule has 0 atom stereocenters. The third-order valence-corrected chi connectivity index (χ3v) is 2.38. The molecule has 0 aliphatic heterocycles. The summed E-state index contributed by atoms with van der Waals surface area (Å²) in [7, 11) is 1.84. The van der Waals surface area contributed by atoms with Gasteiger partial charge < -0.3 is 4.74 Å². The number of pyridine rings is 1. The zero-order chi connectivity index (χ0) is 11.5. The van der Waals surface area contributed by atoms with E-state index in [0.29, 0.717) is 17.5 Å². The lowest BCUT2D eigenvalue weighted by Crippen LogP contribution is -1.95. The Labute approximate surface area is 98.8 Å². The number of nitrogens with zero attached hydrogens (tertiary/aromatic N) is 3. The van der Waals surface area contributed by atoms with Crippen molar-refractivity contribution in [1.82, 2.24) is 14.8 Å². The Morgan fingerprint density at radius 1 is 1.44 bits per heavy atom. The van der Waals surface area contributed by atoms with Crippen LogP contribution in [0.5, 0.6) is 11.6 Å². The van der Waals surface area contributed by atoms with Crippen LogP contribution in [0.2, 0.25) is 0 Å². The van der Waals surface area contributed by atoms with Crippen LogP contribution in [0.25, 0.3) is 0 Å². The van der Waals surface area contributed by atoms with Gasteiger partial charge in [-0.3, -0.25) is 4.98 Å². The van der Waals surface area contributed by atoms with Crippen molar-refractivity contribution in [2.75, 3.05) is 0 Å². The van der Waals surface area contributed by atoms with E-state index in [9.17, 15) is 0 Å². The van der Waals surface area contributed by atoms with E-state index in [1.165, 1.54) is 0 Å². The van der Waals surface area contributed by atoms with Gasteiger partial charge in [-0.1, -0.05) is 0 Å². The summed E-state index contributed by atoms with van der Waals surface area (Å²) in [4.78, 5) is 4.09. The van der Waals surface area contributed by atoms with E-state index in [2.05, 4.69) is 10.1 Å². The van der Waals surface area contributed by atoms with E-state index < -0.39 is 0 Å². The first-order valence-electron chi connectivity index (χ1n) is 4.88. The molecule has 0 N–H and O–H groups in total. The summed E-state index contributed by atoms with van der Waals surface area (Å²) in [5.41, 5.74) is 1.71. The number of hydrogen-bond acceptors (Lipinski definition) is 3. The Morgan fingerprint density at radius 3 is 2.88 bits per heavy atom. The van der Waals surface area contributed by atoms with Crippen LogP contribution in [-0.4, -0.2) is 14.8 Å². The second-order valence-electron chi connectivity index (χ2n) is 3.47. The Morgan fingerprint density at radius 2 is 2.25 bits per heavy atom. The minimum atomic E-state index is 0.377. The highest BCUT2D eigenvalue weighted by Gasteiger charge is 2.05. The number of halogens is 1. The number of rotatable bonds is 3. The van der Waals surface area contributed by atoms with Crippen LogP contribution in [0, 0.1) is 6.92 Å². The molecular weight excluding hydrogens is 226 g/mol. The number of ether oxygens (including phenoxy) is 1. The first-order valence-corrected chi connectivity index (χ1v) is 5.42. The van der Waals surface area contributed by atoms with E-state index in [-0.39, 0.29) is 0 Å². The van der Waals surface area contributed by atoms with Crippen LogP contribution in [0.4, 0.5) is 0 Å². The summed E-state index contributed by atoms with van der Waals surface area (Å²) in [6.45, 7) is 1.92. The average molecular weight is 238 g/mol. The van der Waals surface area contributed by atoms with Crippen LogP contribution in [0.3, 0.4) is 0 Å². The van der Waals surface area contributed by atoms with Crippen LogP contribution >= 0.6 is 11.6 Å². The van der Waals surface area contributed by atoms with Crippen molar-refractivity contribution in [1.29, 1.82) is 0 Å². The highest BCUT2D eigenvalue weighted by atomic mass is 35.5. The molecular formula is C11H12ClN3O. The fourth-order valence-electron chi connectivity index (χ4n) is 1.40. The lowest BCUT2D eigenvalue weighted by molar-refractivity contribution is 0.429. The summed E-state index contributed by atoms with van der Waals surface area (Å²) < 4.78 is 7.36. The summed E-state index contributed by atoms with van der Waals surface area (Å²) in [6, 6.07) is 5.48. The molecule has 0 bridgehead atoms. The highest BCUT2D eigenvalue weighted by molar-refractivity contribution is 6.16. The third kappa shape index (κ3) is 2.33. The van der Waals surface area contributed by atoms with E-state index in [4.69, 9.17) is 16.3 Å². The molecule has 0 saturated heterocycles. The van der Waals surface area contributed by atoms with Gasteiger partial charge in [0.05, 0.1) is 17.3 Å². The van der Waals surface area contributed by atoms with Gasteiger partial charge in [-0.25, -0.2) is 4.68 Å². The predicted molar refractivity (Wildman–Crippen MR) is 61.8 cm³/mol. The van der Waals surface area contributed by atoms with Crippen molar-refractivity contribution in [3.63, 3.8) is 0 Å². The van der Waals surface area contributed by atoms with E-state index in [0.717, 1.165) is 11.4 Å². The molecule has 2 heterocycles. The second kappa shape index (κ2) is 4.53. The Bertz CT molecular complexity index is 496. The van der Waals surface area contributed by atoms with E-state index in [1.807, 2.05) is 26.1 Å². The maximum absolute atomic E-state index is 5.70. The molecule has 0 aliphatic rings. The largest absolute Gasteiger partial charge is 0.439 e. The number of aryl methyl sites for hydroxylation is 2. The normalized spacial score (nSPS) is 10.4. The minimum absolute atomic E-state index is 0.377. The third-order valence-electron chi connectivity index (χ3n) is 2.11. The molecule has 0 amide bonds. The van der Waals surface area contributed by atoms with Gasteiger partial charge in [0.15, 0.2) is 0 Å². The van der Waals surface area contributed by atoms with Gasteiger partial charge in [0, 0.05) is 25.4 Å². The first-order chi connectivity index (χ1) is 7.69. The maximum atomic E-state index is 5.70. The lowest BCUT2D eigenvalue weighted by Gasteiger charge is -2.05. The monoisotopic (exact) mass is 237 g/mol. The van der Waals surface area contributed by atoms with Crippen molar-refractivity contribution < 1.29 is 4.74 Å². The van der Waals surface area contributed by atoms with Crippen LogP contribution in [-0.2, 0) is 12.9 Å². The molecule has 2 aromatic rings. The smallest absolute Gasteiger partial charge is 0.217 e. The number of hydrogen-bond donors (Lipinski definition) is 0. The van der Waals surface area contributed by atoms with Crippen molar-refractivity contribution >= 4 is 11.6 Å². The van der Waals surface area contributed by atoms with Crippen molar-refractivity contribution in [2.45, 2.75) is 12.8 Å². The van der Waals surface area contributed by atoms with E-state index in [1.54, 1.807) is 16.9 Å². The van der Waals surface area contributed by atoms with Crippen LogP contribution < -0.4 is 4.74 Å². The standard InChI is InChI=1S/C11H12ClN3O/c1-8-5-11(15(2)14-8)16-10-3-4-13-9(6-10)7-12/h3-6H,7H2,1-2H3. The highest BCUT2D eigenvalue weighted by Crippen LogP contribution is 2.21. The van der Waals surface area contributed by atoms with Gasteiger partial charge in [0.2, 0.25) is 5.88 Å². The molecule has 0 unspecified atom stereocenters. The summed E-state index contributed by atoms with van der Waals surface area (Å²) in [5, 5.41) is 4.20. The van der Waals surface area contributed by atoms with Crippen molar-refractivity contribution in [3.05, 3.63) is 35.8 Å². The first kappa shape index (κ1) is 11.0. The molecule has 0 fully saturated rings. The van der Waals surface area contributed by atoms with Crippen LogP contribution in [0.15, 0.2) is 24.4 Å². The predicted octanol–water partition coefficient (Wildman–Crippen LogP) is 2.65. The minimum Gasteiger partial charge on any atom is -0.439 e. The summed E-state index contributed by atoms with van der Waals surface area (Å²) in [6.07, 6.45) is 1.68. The Hall–Kier alpha value is -1.55. The molecule has 4 nitrogen and oxygen atoms in total. The van der Waals surface area contributed by atoms with Gasteiger partial charge in [-0.05, 0) is 13.0 Å². The molecule has 2 aromatic heterocycles. The van der Waals surface area contributed by atoms with Gasteiger partial charge in [0.1, 0.15) is 5.75 Å². The van der Waals surface area contributed by atoms with Gasteiger partial charge >= 0.3 is 0 Å². The van der Waals surface area contributed by atoms with Gasteiger partial charge in [0.25, 0.3) is 0 Å². The fraction of sp³-hybridized carbons (Fsp3) is 0.273. The molecule has 16 heavy (non-hydrogen) atoms. The lowest BCUT2D eigenvalue weighted by atomic mass is 10.3. The topological polar surface area (TPSA) is 39.9 Å². The number of alkyl halides is 1. The zero-order valence-electron chi connectivity index (χ0n) is 9.14. The van der Waals surface area contributed by atoms with Crippen molar-refractivity contribution in [3.8, 4) is 11.6 Å².